The van der Waals surface area contributed by atoms with Gasteiger partial charge in [-0.2, -0.15) is 0 Å². The van der Waals surface area contributed by atoms with Gasteiger partial charge in [-0.1, -0.05) is 42.5 Å². The van der Waals surface area contributed by atoms with Crippen molar-refractivity contribution in [2.75, 3.05) is 0 Å². The topological polar surface area (TPSA) is 46.2 Å². The first kappa shape index (κ1) is 18.6. The molecule has 0 aliphatic rings. The van der Waals surface area contributed by atoms with Crippen molar-refractivity contribution in [2.45, 2.75) is 45.6 Å². The molecule has 0 spiro atoms. The second-order valence-electron chi connectivity index (χ2n) is 7.04. The summed E-state index contributed by atoms with van der Waals surface area (Å²) in [7, 11) is -3.62. The minimum atomic E-state index is -3.62. The molecule has 1 N–H and O–H groups in total. The third-order valence-electron chi connectivity index (χ3n) is 5.17. The number of aryl methyl sites for hydroxylation is 2. The van der Waals surface area contributed by atoms with Crippen LogP contribution in [0, 0.1) is 27.7 Å². The average Bonchev–Trinajstić information content (AvgIpc) is 2.59. The van der Waals surface area contributed by atoms with Crippen LogP contribution in [0.2, 0.25) is 0 Å². The van der Waals surface area contributed by atoms with Crippen LogP contribution in [0.15, 0.2) is 53.4 Å². The van der Waals surface area contributed by atoms with Gasteiger partial charge >= 0.3 is 0 Å². The molecule has 0 aliphatic carbocycles. The third-order valence-corrected chi connectivity index (χ3v) is 6.99. The average molecular weight is 368 g/mol. The molecule has 0 fully saturated rings. The molecule has 0 heterocycles. The molecule has 0 bridgehead atoms. The molecule has 26 heavy (non-hydrogen) atoms. The first-order valence-electron chi connectivity index (χ1n) is 8.79. The number of benzene rings is 3. The fourth-order valence-corrected chi connectivity index (χ4v) is 5.27. The monoisotopic (exact) mass is 367 g/mol. The van der Waals surface area contributed by atoms with Crippen LogP contribution < -0.4 is 4.72 Å². The largest absolute Gasteiger partial charge is 0.241 e. The minimum Gasteiger partial charge on any atom is -0.207 e. The molecule has 4 heteroatoms. The molecule has 0 radical (unpaired) electrons. The summed E-state index contributed by atoms with van der Waals surface area (Å²) in [6.07, 6.45) is 0. The normalized spacial score (nSPS) is 13.1. The molecule has 3 rings (SSSR count). The number of sulfonamides is 1. The number of rotatable bonds is 4. The Morgan fingerprint density at radius 2 is 1.38 bits per heavy atom. The van der Waals surface area contributed by atoms with E-state index in [1.54, 1.807) is 0 Å². The third kappa shape index (κ3) is 3.39. The summed E-state index contributed by atoms with van der Waals surface area (Å²) in [5, 5.41) is 2.25. The molecule has 0 saturated carbocycles. The Kier molecular flexibility index (Phi) is 4.91. The molecule has 136 valence electrons. The molecule has 3 nitrogen and oxygen atoms in total. The molecule has 3 aromatic rings. The van der Waals surface area contributed by atoms with Crippen LogP contribution in [0.25, 0.3) is 10.8 Å². The lowest BCUT2D eigenvalue weighted by Crippen LogP contribution is -2.28. The second kappa shape index (κ2) is 6.86. The Balaban J connectivity index is 1.99. The Labute approximate surface area is 156 Å². The van der Waals surface area contributed by atoms with Crippen LogP contribution in [-0.4, -0.2) is 8.42 Å². The van der Waals surface area contributed by atoms with E-state index in [4.69, 9.17) is 0 Å². The molecule has 0 saturated heterocycles. The van der Waals surface area contributed by atoms with Crippen LogP contribution >= 0.6 is 0 Å². The number of fused-ring (bicyclic) bond motifs is 1. The summed E-state index contributed by atoms with van der Waals surface area (Å²) in [4.78, 5) is 0.405. The first-order chi connectivity index (χ1) is 12.2. The van der Waals surface area contributed by atoms with Gasteiger partial charge in [-0.15, -0.1) is 0 Å². The van der Waals surface area contributed by atoms with E-state index >= 15 is 0 Å². The van der Waals surface area contributed by atoms with Crippen LogP contribution in [0.5, 0.6) is 0 Å². The Morgan fingerprint density at radius 3 is 2.00 bits per heavy atom. The van der Waals surface area contributed by atoms with Gasteiger partial charge in [0.2, 0.25) is 10.0 Å². The standard InChI is InChI=1S/C22H25NO2S/c1-14-12-15(2)17(4)22(16(14)3)26(24,25)23-18(5)20-11-10-19-8-6-7-9-21(19)13-20/h6-13,18,23H,1-5H3. The van der Waals surface area contributed by atoms with Crippen molar-refractivity contribution in [1.82, 2.24) is 4.72 Å². The fourth-order valence-electron chi connectivity index (χ4n) is 3.42. The lowest BCUT2D eigenvalue weighted by molar-refractivity contribution is 0.565. The maximum absolute atomic E-state index is 13.1. The van der Waals surface area contributed by atoms with Crippen molar-refractivity contribution in [3.05, 3.63) is 76.3 Å². The summed E-state index contributed by atoms with van der Waals surface area (Å²) < 4.78 is 29.1. The molecule has 1 unspecified atom stereocenters. The van der Waals surface area contributed by atoms with E-state index in [0.29, 0.717) is 4.90 Å². The Morgan fingerprint density at radius 1 is 0.808 bits per heavy atom. The van der Waals surface area contributed by atoms with Crippen LogP contribution in [0.4, 0.5) is 0 Å². The van der Waals surface area contributed by atoms with E-state index in [1.807, 2.05) is 77.1 Å². The fraction of sp³-hybridized carbons (Fsp3) is 0.273. The summed E-state index contributed by atoms with van der Waals surface area (Å²) in [5.41, 5.74) is 4.56. The van der Waals surface area contributed by atoms with Crippen molar-refractivity contribution in [2.24, 2.45) is 0 Å². The van der Waals surface area contributed by atoms with E-state index in [0.717, 1.165) is 38.6 Å². The molecule has 0 aliphatic heterocycles. The lowest BCUT2D eigenvalue weighted by atomic mass is 10.0. The number of hydrogen-bond donors (Lipinski definition) is 1. The van der Waals surface area contributed by atoms with Gasteiger partial charge in [0.1, 0.15) is 0 Å². The highest BCUT2D eigenvalue weighted by Gasteiger charge is 2.24. The van der Waals surface area contributed by atoms with Crippen molar-refractivity contribution in [3.63, 3.8) is 0 Å². The van der Waals surface area contributed by atoms with Gasteiger partial charge in [0.15, 0.2) is 0 Å². The maximum atomic E-state index is 13.1. The van der Waals surface area contributed by atoms with Crippen LogP contribution in [-0.2, 0) is 10.0 Å². The van der Waals surface area contributed by atoms with Gasteiger partial charge in [-0.05, 0) is 79.3 Å². The molecular weight excluding hydrogens is 342 g/mol. The van der Waals surface area contributed by atoms with Crippen LogP contribution in [0.3, 0.4) is 0 Å². The predicted octanol–water partition coefficient (Wildman–Crippen LogP) is 5.11. The minimum absolute atomic E-state index is 0.316. The van der Waals surface area contributed by atoms with Gasteiger partial charge in [-0.3, -0.25) is 0 Å². The second-order valence-corrected chi connectivity index (χ2v) is 8.69. The molecule has 0 aromatic heterocycles. The summed E-state index contributed by atoms with van der Waals surface area (Å²) in [6.45, 7) is 9.53. The lowest BCUT2D eigenvalue weighted by Gasteiger charge is -2.20. The highest BCUT2D eigenvalue weighted by Crippen LogP contribution is 2.28. The van der Waals surface area contributed by atoms with Crippen LogP contribution in [0.1, 0.15) is 40.8 Å². The van der Waals surface area contributed by atoms with E-state index in [1.165, 1.54) is 0 Å². The van der Waals surface area contributed by atoms with E-state index in [2.05, 4.69) is 10.8 Å². The molecular formula is C22H25NO2S. The van der Waals surface area contributed by atoms with Crippen molar-refractivity contribution in [1.29, 1.82) is 0 Å². The predicted molar refractivity (Wildman–Crippen MR) is 108 cm³/mol. The number of hydrogen-bond acceptors (Lipinski definition) is 2. The van der Waals surface area contributed by atoms with Gasteiger partial charge in [0, 0.05) is 6.04 Å². The summed E-state index contributed by atoms with van der Waals surface area (Å²) >= 11 is 0. The van der Waals surface area contributed by atoms with Gasteiger partial charge in [-0.25, -0.2) is 13.1 Å². The van der Waals surface area contributed by atoms with E-state index < -0.39 is 10.0 Å². The van der Waals surface area contributed by atoms with Gasteiger partial charge < -0.3 is 0 Å². The smallest absolute Gasteiger partial charge is 0.207 e. The van der Waals surface area contributed by atoms with Gasteiger partial charge in [0.25, 0.3) is 0 Å². The van der Waals surface area contributed by atoms with Crippen molar-refractivity contribution >= 4 is 20.8 Å². The maximum Gasteiger partial charge on any atom is 0.241 e. The number of nitrogens with one attached hydrogen (secondary N) is 1. The Hall–Kier alpha value is -2.17. The zero-order chi connectivity index (χ0) is 19.1. The first-order valence-corrected chi connectivity index (χ1v) is 10.3. The highest BCUT2D eigenvalue weighted by atomic mass is 32.2. The summed E-state index contributed by atoms with van der Waals surface area (Å²) in [5.74, 6) is 0. The van der Waals surface area contributed by atoms with Gasteiger partial charge in [0.05, 0.1) is 4.90 Å². The molecule has 1 atom stereocenters. The van der Waals surface area contributed by atoms with Crippen molar-refractivity contribution < 1.29 is 8.42 Å². The van der Waals surface area contributed by atoms with Crippen molar-refractivity contribution in [3.8, 4) is 0 Å². The quantitative estimate of drug-likeness (QED) is 0.696. The molecule has 0 amide bonds. The zero-order valence-electron chi connectivity index (χ0n) is 15.9. The highest BCUT2D eigenvalue weighted by molar-refractivity contribution is 7.89. The Bertz CT molecular complexity index is 1060. The van der Waals surface area contributed by atoms with E-state index in [-0.39, 0.29) is 6.04 Å². The molecule has 3 aromatic carbocycles. The zero-order valence-corrected chi connectivity index (χ0v) is 16.7. The summed E-state index contributed by atoms with van der Waals surface area (Å²) in [6, 6.07) is 15.9. The SMILES string of the molecule is Cc1cc(C)c(C)c(S(=O)(=O)NC(C)c2ccc3ccccc3c2)c1C. The van der Waals surface area contributed by atoms with E-state index in [9.17, 15) is 8.42 Å².